The number of hydrogen-bond donors (Lipinski definition) is 2. The lowest BCUT2D eigenvalue weighted by molar-refractivity contribution is -0.149. The molecule has 1 aliphatic rings. The van der Waals surface area contributed by atoms with E-state index >= 15 is 0 Å². The van der Waals surface area contributed by atoms with Gasteiger partial charge in [-0.1, -0.05) is 6.42 Å². The SMILES string of the molecule is CC(NC(=O)CC(C)(C)C(=O)O)C1CCC1. The smallest absolute Gasteiger partial charge is 0.309 e. The highest BCUT2D eigenvalue weighted by molar-refractivity contribution is 5.84. The van der Waals surface area contributed by atoms with Gasteiger partial charge in [-0.2, -0.15) is 0 Å². The molecule has 1 saturated carbocycles. The molecule has 0 saturated heterocycles. The van der Waals surface area contributed by atoms with E-state index in [1.807, 2.05) is 6.92 Å². The lowest BCUT2D eigenvalue weighted by Crippen LogP contribution is -2.43. The van der Waals surface area contributed by atoms with Gasteiger partial charge in [0.2, 0.25) is 5.91 Å². The van der Waals surface area contributed by atoms with E-state index < -0.39 is 11.4 Å². The van der Waals surface area contributed by atoms with Crippen molar-refractivity contribution in [1.82, 2.24) is 5.32 Å². The highest BCUT2D eigenvalue weighted by atomic mass is 16.4. The highest BCUT2D eigenvalue weighted by Gasteiger charge is 2.32. The number of nitrogens with one attached hydrogen (secondary N) is 1. The summed E-state index contributed by atoms with van der Waals surface area (Å²) < 4.78 is 0. The number of carboxylic acid groups (broad SMARTS) is 1. The first kappa shape index (κ1) is 13.0. The molecule has 4 nitrogen and oxygen atoms in total. The van der Waals surface area contributed by atoms with Crippen LogP contribution in [0.2, 0.25) is 0 Å². The molecule has 1 amide bonds. The number of carbonyl (C=O) groups is 2. The van der Waals surface area contributed by atoms with Gasteiger partial charge in [0.25, 0.3) is 0 Å². The van der Waals surface area contributed by atoms with E-state index in [0.29, 0.717) is 5.92 Å². The Hall–Kier alpha value is -1.06. The third-order valence-corrected chi connectivity index (χ3v) is 3.43. The summed E-state index contributed by atoms with van der Waals surface area (Å²) in [6, 6.07) is 0.172. The van der Waals surface area contributed by atoms with Crippen molar-refractivity contribution >= 4 is 11.9 Å². The van der Waals surface area contributed by atoms with Crippen molar-refractivity contribution in [3.63, 3.8) is 0 Å². The van der Waals surface area contributed by atoms with Crippen molar-refractivity contribution in [3.8, 4) is 0 Å². The standard InChI is InChI=1S/C12H21NO3/c1-8(9-5-4-6-9)13-10(14)7-12(2,3)11(15)16/h8-9H,4-7H2,1-3H3,(H,13,14)(H,15,16). The van der Waals surface area contributed by atoms with E-state index in [4.69, 9.17) is 5.11 Å². The van der Waals surface area contributed by atoms with Crippen molar-refractivity contribution in [2.45, 2.75) is 52.5 Å². The topological polar surface area (TPSA) is 66.4 Å². The van der Waals surface area contributed by atoms with Crippen LogP contribution in [0.3, 0.4) is 0 Å². The summed E-state index contributed by atoms with van der Waals surface area (Å²) in [5.74, 6) is -0.511. The van der Waals surface area contributed by atoms with Crippen LogP contribution in [0.4, 0.5) is 0 Å². The maximum atomic E-state index is 11.6. The van der Waals surface area contributed by atoms with E-state index in [9.17, 15) is 9.59 Å². The van der Waals surface area contributed by atoms with Crippen LogP contribution in [0.1, 0.15) is 46.5 Å². The molecule has 0 radical (unpaired) electrons. The summed E-state index contributed by atoms with van der Waals surface area (Å²) in [4.78, 5) is 22.5. The van der Waals surface area contributed by atoms with Crippen LogP contribution in [0.5, 0.6) is 0 Å². The molecule has 4 heteroatoms. The van der Waals surface area contributed by atoms with Crippen molar-refractivity contribution in [2.24, 2.45) is 11.3 Å². The predicted molar refractivity (Wildman–Crippen MR) is 61.0 cm³/mol. The molecule has 0 aliphatic heterocycles. The Labute approximate surface area is 96.4 Å². The molecule has 0 heterocycles. The van der Waals surface area contributed by atoms with Gasteiger partial charge in [-0.05, 0) is 39.5 Å². The number of carboxylic acids is 1. The lowest BCUT2D eigenvalue weighted by atomic mass is 9.80. The van der Waals surface area contributed by atoms with E-state index in [0.717, 1.165) is 0 Å². The maximum absolute atomic E-state index is 11.6. The molecule has 0 bridgehead atoms. The molecule has 16 heavy (non-hydrogen) atoms. The fraction of sp³-hybridized carbons (Fsp3) is 0.833. The van der Waals surface area contributed by atoms with E-state index in [1.165, 1.54) is 19.3 Å². The predicted octanol–water partition coefficient (Wildman–Crippen LogP) is 1.79. The minimum absolute atomic E-state index is 0.0411. The molecule has 1 rings (SSSR count). The molecule has 1 fully saturated rings. The molecular formula is C12H21NO3. The summed E-state index contributed by atoms with van der Waals surface area (Å²) in [5.41, 5.74) is -0.983. The highest BCUT2D eigenvalue weighted by Crippen LogP contribution is 2.29. The third-order valence-electron chi connectivity index (χ3n) is 3.43. The average Bonchev–Trinajstić information content (AvgIpc) is 1.97. The van der Waals surface area contributed by atoms with Gasteiger partial charge in [-0.15, -0.1) is 0 Å². The number of carbonyl (C=O) groups excluding carboxylic acids is 1. The van der Waals surface area contributed by atoms with Crippen molar-refractivity contribution < 1.29 is 14.7 Å². The Morgan fingerprint density at radius 3 is 2.38 bits per heavy atom. The Bertz CT molecular complexity index is 282. The quantitative estimate of drug-likeness (QED) is 0.752. The van der Waals surface area contributed by atoms with Crippen molar-refractivity contribution in [1.29, 1.82) is 0 Å². The Balaban J connectivity index is 2.37. The van der Waals surface area contributed by atoms with Crippen LogP contribution in [0, 0.1) is 11.3 Å². The van der Waals surface area contributed by atoms with Crippen LogP contribution in [0.15, 0.2) is 0 Å². The minimum atomic E-state index is -0.983. The number of amides is 1. The van der Waals surface area contributed by atoms with E-state index in [1.54, 1.807) is 13.8 Å². The van der Waals surface area contributed by atoms with Gasteiger partial charge in [-0.3, -0.25) is 9.59 Å². The van der Waals surface area contributed by atoms with Gasteiger partial charge in [0.1, 0.15) is 0 Å². The molecule has 0 spiro atoms. The molecule has 1 aliphatic carbocycles. The maximum Gasteiger partial charge on any atom is 0.309 e. The summed E-state index contributed by atoms with van der Waals surface area (Å²) >= 11 is 0. The molecule has 0 aromatic carbocycles. The van der Waals surface area contributed by atoms with Gasteiger partial charge in [-0.25, -0.2) is 0 Å². The average molecular weight is 227 g/mol. The summed E-state index contributed by atoms with van der Waals surface area (Å²) in [5, 5.41) is 11.8. The second-order valence-electron chi connectivity index (χ2n) is 5.41. The second-order valence-corrected chi connectivity index (χ2v) is 5.41. The first-order valence-corrected chi connectivity index (χ1v) is 5.85. The first-order chi connectivity index (χ1) is 7.33. The molecule has 0 aromatic rings. The zero-order chi connectivity index (χ0) is 12.3. The minimum Gasteiger partial charge on any atom is -0.481 e. The molecule has 2 N–H and O–H groups in total. The van der Waals surface area contributed by atoms with E-state index in [-0.39, 0.29) is 18.4 Å². The zero-order valence-corrected chi connectivity index (χ0v) is 10.2. The third kappa shape index (κ3) is 3.22. The van der Waals surface area contributed by atoms with Crippen molar-refractivity contribution in [2.75, 3.05) is 0 Å². The normalized spacial score (nSPS) is 18.7. The first-order valence-electron chi connectivity index (χ1n) is 5.85. The molecule has 1 atom stereocenters. The van der Waals surface area contributed by atoms with Gasteiger partial charge in [0.15, 0.2) is 0 Å². The molecule has 92 valence electrons. The largest absolute Gasteiger partial charge is 0.481 e. The molecule has 1 unspecified atom stereocenters. The monoisotopic (exact) mass is 227 g/mol. The second kappa shape index (κ2) is 4.85. The Morgan fingerprint density at radius 2 is 2.00 bits per heavy atom. The van der Waals surface area contributed by atoms with Crippen LogP contribution in [-0.4, -0.2) is 23.0 Å². The number of rotatable bonds is 5. The summed E-state index contributed by atoms with van der Waals surface area (Å²) in [6.07, 6.45) is 3.62. The zero-order valence-electron chi connectivity index (χ0n) is 10.2. The van der Waals surface area contributed by atoms with Gasteiger partial charge in [0, 0.05) is 12.5 Å². The van der Waals surface area contributed by atoms with Crippen LogP contribution in [0.25, 0.3) is 0 Å². The number of hydrogen-bond acceptors (Lipinski definition) is 2. The van der Waals surface area contributed by atoms with Crippen molar-refractivity contribution in [3.05, 3.63) is 0 Å². The summed E-state index contributed by atoms with van der Waals surface area (Å²) in [7, 11) is 0. The van der Waals surface area contributed by atoms with Crippen LogP contribution in [-0.2, 0) is 9.59 Å². The van der Waals surface area contributed by atoms with E-state index in [2.05, 4.69) is 5.32 Å². The van der Waals surface area contributed by atoms with Gasteiger partial charge >= 0.3 is 5.97 Å². The van der Waals surface area contributed by atoms with Gasteiger partial charge in [0.05, 0.1) is 5.41 Å². The van der Waals surface area contributed by atoms with Crippen LogP contribution >= 0.6 is 0 Å². The number of aliphatic carboxylic acids is 1. The lowest BCUT2D eigenvalue weighted by Gasteiger charge is -2.32. The Morgan fingerprint density at radius 1 is 1.44 bits per heavy atom. The molecular weight excluding hydrogens is 206 g/mol. The fourth-order valence-corrected chi connectivity index (χ4v) is 1.84. The Kier molecular flexibility index (Phi) is 3.94. The summed E-state index contributed by atoms with van der Waals surface area (Å²) in [6.45, 7) is 5.14. The molecule has 0 aromatic heterocycles. The fourth-order valence-electron chi connectivity index (χ4n) is 1.84. The van der Waals surface area contributed by atoms with Crippen LogP contribution < -0.4 is 5.32 Å². The van der Waals surface area contributed by atoms with Gasteiger partial charge < -0.3 is 10.4 Å².